The van der Waals surface area contributed by atoms with Crippen LogP contribution >= 0.6 is 22.7 Å². The summed E-state index contributed by atoms with van der Waals surface area (Å²) in [6, 6.07) is 9.42. The maximum atomic E-state index is 10.9. The Labute approximate surface area is 118 Å². The molecule has 2 aromatic heterocycles. The number of rotatable bonds is 6. The molecule has 0 aliphatic rings. The highest BCUT2D eigenvalue weighted by molar-refractivity contribution is 7.12. The van der Waals surface area contributed by atoms with Gasteiger partial charge in [0.05, 0.1) is 12.5 Å². The Hall–Kier alpha value is -1.68. The van der Waals surface area contributed by atoms with Gasteiger partial charge in [-0.15, -0.1) is 22.7 Å². The van der Waals surface area contributed by atoms with E-state index in [9.17, 15) is 4.79 Å². The molecular formula is C13H12N2O2S2. The van der Waals surface area contributed by atoms with Gasteiger partial charge in [-0.05, 0) is 23.6 Å². The second-order valence-electron chi connectivity index (χ2n) is 3.92. The Morgan fingerprint density at radius 2 is 2.32 bits per heavy atom. The van der Waals surface area contributed by atoms with E-state index in [0.29, 0.717) is 11.4 Å². The summed E-state index contributed by atoms with van der Waals surface area (Å²) in [7, 11) is 0. The quantitative estimate of drug-likeness (QED) is 0.858. The Kier molecular flexibility index (Phi) is 4.68. The van der Waals surface area contributed by atoms with Crippen molar-refractivity contribution >= 4 is 28.6 Å². The summed E-state index contributed by atoms with van der Waals surface area (Å²) in [4.78, 5) is 13.6. The molecule has 2 N–H and O–H groups in total. The molecule has 0 aliphatic heterocycles. The van der Waals surface area contributed by atoms with Gasteiger partial charge >= 0.3 is 5.97 Å². The number of hydrogen-bond donors (Lipinski definition) is 2. The topological polar surface area (TPSA) is 73.1 Å². The van der Waals surface area contributed by atoms with Gasteiger partial charge in [0.15, 0.2) is 0 Å². The molecule has 0 amide bonds. The molecule has 98 valence electrons. The van der Waals surface area contributed by atoms with Gasteiger partial charge in [0.2, 0.25) is 0 Å². The molecule has 0 spiro atoms. The Balaban J connectivity index is 2.00. The number of carboxylic acids is 1. The zero-order chi connectivity index (χ0) is 13.7. The third-order valence-electron chi connectivity index (χ3n) is 2.56. The highest BCUT2D eigenvalue weighted by atomic mass is 32.1. The summed E-state index contributed by atoms with van der Waals surface area (Å²) in [6.45, 7) is 0.572. The Morgan fingerprint density at radius 3 is 2.89 bits per heavy atom. The van der Waals surface area contributed by atoms with Crippen LogP contribution in [0.2, 0.25) is 0 Å². The second kappa shape index (κ2) is 6.48. The number of nitrogens with zero attached hydrogens (tertiary/aromatic N) is 1. The number of hydrogen-bond acceptors (Lipinski definition) is 5. The van der Waals surface area contributed by atoms with Crippen LogP contribution in [0, 0.1) is 11.3 Å². The van der Waals surface area contributed by atoms with E-state index in [0.717, 1.165) is 9.75 Å². The number of carbonyl (C=O) groups is 1. The molecule has 0 radical (unpaired) electrons. The van der Waals surface area contributed by atoms with Gasteiger partial charge < -0.3 is 10.4 Å². The lowest BCUT2D eigenvalue weighted by Crippen LogP contribution is -2.22. The van der Waals surface area contributed by atoms with Gasteiger partial charge in [0.25, 0.3) is 0 Å². The van der Waals surface area contributed by atoms with E-state index in [1.54, 1.807) is 17.4 Å². The van der Waals surface area contributed by atoms with Crippen molar-refractivity contribution in [3.8, 4) is 6.07 Å². The molecule has 0 aliphatic carbocycles. The summed E-state index contributed by atoms with van der Waals surface area (Å²) >= 11 is 2.97. The van der Waals surface area contributed by atoms with Gasteiger partial charge in [-0.25, -0.2) is 0 Å². The number of aliphatic carboxylic acids is 1. The highest BCUT2D eigenvalue weighted by Gasteiger charge is 2.16. The van der Waals surface area contributed by atoms with E-state index in [1.807, 2.05) is 23.6 Å². The van der Waals surface area contributed by atoms with Crippen molar-refractivity contribution in [2.24, 2.45) is 0 Å². The van der Waals surface area contributed by atoms with Crippen molar-refractivity contribution in [1.82, 2.24) is 5.32 Å². The predicted molar refractivity (Wildman–Crippen MR) is 75.2 cm³/mol. The number of nitrogens with one attached hydrogen (secondary N) is 1. The monoisotopic (exact) mass is 292 g/mol. The van der Waals surface area contributed by atoms with Crippen molar-refractivity contribution in [2.45, 2.75) is 19.0 Å². The summed E-state index contributed by atoms with van der Waals surface area (Å²) in [5, 5.41) is 22.9. The first-order chi connectivity index (χ1) is 9.19. The molecule has 2 aromatic rings. The second-order valence-corrected chi connectivity index (χ2v) is 6.07. The van der Waals surface area contributed by atoms with Crippen LogP contribution in [0.1, 0.15) is 27.1 Å². The van der Waals surface area contributed by atoms with Crippen LogP contribution in [0.25, 0.3) is 0 Å². The average molecular weight is 292 g/mol. The molecule has 0 saturated carbocycles. The molecule has 0 bridgehead atoms. The van der Waals surface area contributed by atoms with Gasteiger partial charge in [-0.2, -0.15) is 5.26 Å². The van der Waals surface area contributed by atoms with Gasteiger partial charge in [0.1, 0.15) is 10.9 Å². The fourth-order valence-corrected chi connectivity index (χ4v) is 3.25. The largest absolute Gasteiger partial charge is 0.481 e. The smallest absolute Gasteiger partial charge is 0.305 e. The maximum Gasteiger partial charge on any atom is 0.305 e. The first kappa shape index (κ1) is 13.7. The summed E-state index contributed by atoms with van der Waals surface area (Å²) < 4.78 is 0. The molecule has 1 unspecified atom stereocenters. The maximum absolute atomic E-state index is 10.9. The average Bonchev–Trinajstić information content (AvgIpc) is 3.05. The molecule has 0 saturated heterocycles. The summed E-state index contributed by atoms with van der Waals surface area (Å²) in [5.41, 5.74) is 0. The fraction of sp³-hybridized carbons (Fsp3) is 0.231. The Bertz CT molecular complexity index is 584. The van der Waals surface area contributed by atoms with E-state index in [4.69, 9.17) is 10.4 Å². The molecule has 1 atom stereocenters. The van der Waals surface area contributed by atoms with Crippen LogP contribution in [0.15, 0.2) is 29.6 Å². The predicted octanol–water partition coefficient (Wildman–Crippen LogP) is 2.99. The summed E-state index contributed by atoms with van der Waals surface area (Å²) in [5.74, 6) is -0.824. The van der Waals surface area contributed by atoms with Crippen LogP contribution in [-0.2, 0) is 11.3 Å². The van der Waals surface area contributed by atoms with E-state index >= 15 is 0 Å². The first-order valence-corrected chi connectivity index (χ1v) is 7.36. The minimum absolute atomic E-state index is 0.0526. The molecule has 19 heavy (non-hydrogen) atoms. The van der Waals surface area contributed by atoms with Crippen LogP contribution in [0.5, 0.6) is 0 Å². The zero-order valence-corrected chi connectivity index (χ0v) is 11.6. The van der Waals surface area contributed by atoms with Gasteiger partial charge in [0, 0.05) is 16.3 Å². The fourth-order valence-electron chi connectivity index (χ4n) is 1.69. The van der Waals surface area contributed by atoms with Crippen LogP contribution < -0.4 is 5.32 Å². The first-order valence-electron chi connectivity index (χ1n) is 5.66. The SMILES string of the molecule is N#Cc1ccc(CNC(CC(=O)O)c2cccs2)s1. The molecule has 0 aromatic carbocycles. The van der Waals surface area contributed by atoms with E-state index < -0.39 is 5.97 Å². The van der Waals surface area contributed by atoms with Gasteiger partial charge in [-0.3, -0.25) is 4.79 Å². The molecule has 0 fully saturated rings. The molecule has 6 heteroatoms. The molecule has 2 rings (SSSR count). The number of thiophene rings is 2. The number of nitriles is 1. The standard InChI is InChI=1S/C13H12N2O2S2/c14-7-9-3-4-10(19-9)8-15-11(6-13(16)17)12-2-1-5-18-12/h1-5,11,15H,6,8H2,(H,16,17). The lowest BCUT2D eigenvalue weighted by Gasteiger charge is -2.14. The van der Waals surface area contributed by atoms with Crippen LogP contribution in [0.3, 0.4) is 0 Å². The van der Waals surface area contributed by atoms with Crippen molar-refractivity contribution in [3.63, 3.8) is 0 Å². The van der Waals surface area contributed by atoms with E-state index in [-0.39, 0.29) is 12.5 Å². The van der Waals surface area contributed by atoms with Gasteiger partial charge in [-0.1, -0.05) is 6.07 Å². The normalized spacial score (nSPS) is 11.9. The van der Waals surface area contributed by atoms with Crippen molar-refractivity contribution in [1.29, 1.82) is 5.26 Å². The third kappa shape index (κ3) is 3.89. The minimum Gasteiger partial charge on any atom is -0.481 e. The minimum atomic E-state index is -0.824. The number of carboxylic acid groups (broad SMARTS) is 1. The van der Waals surface area contributed by atoms with E-state index in [2.05, 4.69) is 11.4 Å². The third-order valence-corrected chi connectivity index (χ3v) is 4.54. The lowest BCUT2D eigenvalue weighted by molar-refractivity contribution is -0.137. The summed E-state index contributed by atoms with van der Waals surface area (Å²) in [6.07, 6.45) is 0.0526. The lowest BCUT2D eigenvalue weighted by atomic mass is 10.1. The van der Waals surface area contributed by atoms with Crippen molar-refractivity contribution in [2.75, 3.05) is 0 Å². The molecular weight excluding hydrogens is 280 g/mol. The molecule has 4 nitrogen and oxygen atoms in total. The zero-order valence-electron chi connectivity index (χ0n) is 10.00. The van der Waals surface area contributed by atoms with E-state index in [1.165, 1.54) is 11.3 Å². The van der Waals surface area contributed by atoms with Crippen molar-refractivity contribution in [3.05, 3.63) is 44.3 Å². The molecule has 2 heterocycles. The highest BCUT2D eigenvalue weighted by Crippen LogP contribution is 2.23. The van der Waals surface area contributed by atoms with Crippen molar-refractivity contribution < 1.29 is 9.90 Å². The van der Waals surface area contributed by atoms with Crippen LogP contribution in [0.4, 0.5) is 0 Å². The van der Waals surface area contributed by atoms with Crippen LogP contribution in [-0.4, -0.2) is 11.1 Å². The Morgan fingerprint density at radius 1 is 1.47 bits per heavy atom.